The van der Waals surface area contributed by atoms with Crippen molar-refractivity contribution in [2.24, 2.45) is 7.05 Å². The van der Waals surface area contributed by atoms with Crippen molar-refractivity contribution in [3.05, 3.63) is 36.7 Å². The molecule has 8 nitrogen and oxygen atoms in total. The molecule has 4 aromatic rings. The van der Waals surface area contributed by atoms with Crippen LogP contribution >= 0.6 is 0 Å². The van der Waals surface area contributed by atoms with Crippen molar-refractivity contribution in [1.82, 2.24) is 34.9 Å². The molecule has 5 rings (SSSR count). The molecule has 26 heavy (non-hydrogen) atoms. The maximum atomic E-state index is 4.63. The van der Waals surface area contributed by atoms with Crippen molar-refractivity contribution >= 4 is 22.5 Å². The lowest BCUT2D eigenvalue weighted by Gasteiger charge is -2.23. The van der Waals surface area contributed by atoms with Crippen LogP contribution in [0.1, 0.15) is 12.8 Å². The van der Waals surface area contributed by atoms with Crippen LogP contribution in [-0.4, -0.2) is 48.7 Å². The Kier molecular flexibility index (Phi) is 3.56. The van der Waals surface area contributed by atoms with E-state index >= 15 is 0 Å². The molecule has 1 aliphatic rings. The third-order valence-corrected chi connectivity index (χ3v) is 5.01. The topological polar surface area (TPSA) is 85.0 Å². The molecule has 0 aliphatic carbocycles. The quantitative estimate of drug-likeness (QED) is 0.588. The van der Waals surface area contributed by atoms with E-state index in [0.29, 0.717) is 12.0 Å². The minimum absolute atomic E-state index is 0.434. The number of piperidine rings is 1. The van der Waals surface area contributed by atoms with E-state index in [1.165, 1.54) is 0 Å². The summed E-state index contributed by atoms with van der Waals surface area (Å²) in [4.78, 5) is 4.54. The van der Waals surface area contributed by atoms with E-state index in [4.69, 9.17) is 0 Å². The van der Waals surface area contributed by atoms with Crippen LogP contribution in [0.2, 0.25) is 0 Å². The van der Waals surface area contributed by atoms with E-state index in [1.807, 2.05) is 30.0 Å². The van der Waals surface area contributed by atoms with Crippen molar-refractivity contribution in [3.63, 3.8) is 0 Å². The van der Waals surface area contributed by atoms with Crippen LogP contribution in [0.25, 0.3) is 27.7 Å². The van der Waals surface area contributed by atoms with Crippen LogP contribution in [0.4, 0.5) is 5.95 Å². The molecule has 0 radical (unpaired) electrons. The third-order valence-electron chi connectivity index (χ3n) is 5.01. The lowest BCUT2D eigenvalue weighted by Crippen LogP contribution is -2.35. The molecule has 0 bridgehead atoms. The van der Waals surface area contributed by atoms with Crippen LogP contribution in [0.5, 0.6) is 0 Å². The van der Waals surface area contributed by atoms with Crippen LogP contribution < -0.4 is 10.6 Å². The molecule has 0 spiro atoms. The van der Waals surface area contributed by atoms with Gasteiger partial charge in [-0.3, -0.25) is 0 Å². The molecule has 0 amide bonds. The Morgan fingerprint density at radius 1 is 1.15 bits per heavy atom. The van der Waals surface area contributed by atoms with E-state index < -0.39 is 0 Å². The first kappa shape index (κ1) is 15.3. The Balaban J connectivity index is 1.49. The highest BCUT2D eigenvalue weighted by molar-refractivity contribution is 5.87. The zero-order valence-corrected chi connectivity index (χ0v) is 14.6. The molecule has 3 aromatic heterocycles. The fourth-order valence-corrected chi connectivity index (χ4v) is 3.56. The lowest BCUT2D eigenvalue weighted by atomic mass is 10.1. The monoisotopic (exact) mass is 348 g/mol. The molecule has 1 fully saturated rings. The molecule has 0 atom stereocenters. The summed E-state index contributed by atoms with van der Waals surface area (Å²) in [5, 5.41) is 19.7. The Labute approximate surface area is 150 Å². The summed E-state index contributed by atoms with van der Waals surface area (Å²) in [5.74, 6) is 0.679. The number of rotatable bonds is 3. The van der Waals surface area contributed by atoms with Gasteiger partial charge >= 0.3 is 0 Å². The number of benzene rings is 1. The second-order valence-electron chi connectivity index (χ2n) is 6.73. The first-order valence-electron chi connectivity index (χ1n) is 8.89. The summed E-state index contributed by atoms with van der Waals surface area (Å²) in [5.41, 5.74) is 5.08. The third kappa shape index (κ3) is 2.59. The number of hydrogen-bond donors (Lipinski definition) is 2. The molecule has 1 saturated heterocycles. The van der Waals surface area contributed by atoms with Gasteiger partial charge in [-0.2, -0.15) is 0 Å². The van der Waals surface area contributed by atoms with E-state index in [9.17, 15) is 0 Å². The predicted molar refractivity (Wildman–Crippen MR) is 100 cm³/mol. The zero-order valence-electron chi connectivity index (χ0n) is 14.6. The van der Waals surface area contributed by atoms with Crippen molar-refractivity contribution in [1.29, 1.82) is 0 Å². The lowest BCUT2D eigenvalue weighted by molar-refractivity contribution is 0.476. The SMILES string of the molecule is Cn1nnc2ccc(-c3ccn4nc(NC5CCNCC5)ncc34)cc21. The number of nitrogens with zero attached hydrogens (tertiary/aromatic N) is 6. The average molecular weight is 348 g/mol. The number of aromatic nitrogens is 6. The molecular weight excluding hydrogens is 328 g/mol. The normalized spacial score (nSPS) is 15.7. The largest absolute Gasteiger partial charge is 0.350 e. The highest BCUT2D eigenvalue weighted by Gasteiger charge is 2.15. The van der Waals surface area contributed by atoms with Crippen LogP contribution in [0.3, 0.4) is 0 Å². The maximum absolute atomic E-state index is 4.63. The summed E-state index contributed by atoms with van der Waals surface area (Å²) >= 11 is 0. The molecular formula is C18H20N8. The predicted octanol–water partition coefficient (Wildman–Crippen LogP) is 1.84. The minimum Gasteiger partial charge on any atom is -0.350 e. The summed E-state index contributed by atoms with van der Waals surface area (Å²) in [6.07, 6.45) is 6.05. The van der Waals surface area contributed by atoms with Gasteiger partial charge in [0, 0.05) is 24.8 Å². The first-order chi connectivity index (χ1) is 12.8. The molecule has 132 valence electrons. The fourth-order valence-electron chi connectivity index (χ4n) is 3.56. The van der Waals surface area contributed by atoms with Gasteiger partial charge in [-0.05, 0) is 49.7 Å². The van der Waals surface area contributed by atoms with E-state index in [0.717, 1.165) is 53.6 Å². The van der Waals surface area contributed by atoms with Gasteiger partial charge in [0.2, 0.25) is 5.95 Å². The molecule has 0 unspecified atom stereocenters. The molecule has 0 saturated carbocycles. The zero-order chi connectivity index (χ0) is 17.5. The number of aryl methyl sites for hydroxylation is 1. The molecule has 2 N–H and O–H groups in total. The minimum atomic E-state index is 0.434. The number of fused-ring (bicyclic) bond motifs is 2. The smallest absolute Gasteiger partial charge is 0.241 e. The molecule has 8 heteroatoms. The second-order valence-corrected chi connectivity index (χ2v) is 6.73. The van der Waals surface area contributed by atoms with Crippen LogP contribution in [0.15, 0.2) is 36.7 Å². The van der Waals surface area contributed by atoms with Gasteiger partial charge in [-0.15, -0.1) is 10.2 Å². The van der Waals surface area contributed by atoms with Gasteiger partial charge in [0.25, 0.3) is 0 Å². The van der Waals surface area contributed by atoms with E-state index in [1.54, 1.807) is 4.68 Å². The van der Waals surface area contributed by atoms with Gasteiger partial charge in [-0.25, -0.2) is 14.2 Å². The first-order valence-corrected chi connectivity index (χ1v) is 8.89. The Morgan fingerprint density at radius 2 is 2.04 bits per heavy atom. The van der Waals surface area contributed by atoms with Gasteiger partial charge in [0.15, 0.2) is 0 Å². The molecule has 1 aromatic carbocycles. The summed E-state index contributed by atoms with van der Waals surface area (Å²) in [6.45, 7) is 2.08. The Hall–Kier alpha value is -3.00. The number of nitrogens with one attached hydrogen (secondary N) is 2. The van der Waals surface area contributed by atoms with Crippen LogP contribution in [0, 0.1) is 0 Å². The van der Waals surface area contributed by atoms with Crippen molar-refractivity contribution in [2.75, 3.05) is 18.4 Å². The van der Waals surface area contributed by atoms with Gasteiger partial charge < -0.3 is 10.6 Å². The Bertz CT molecular complexity index is 1070. The highest BCUT2D eigenvalue weighted by atomic mass is 15.4. The second kappa shape index (κ2) is 6.06. The van der Waals surface area contributed by atoms with Crippen molar-refractivity contribution in [2.45, 2.75) is 18.9 Å². The van der Waals surface area contributed by atoms with E-state index in [2.05, 4.69) is 49.2 Å². The van der Waals surface area contributed by atoms with Gasteiger partial charge in [0.05, 0.1) is 17.2 Å². The summed E-state index contributed by atoms with van der Waals surface area (Å²) in [6, 6.07) is 8.67. The van der Waals surface area contributed by atoms with Crippen molar-refractivity contribution in [3.8, 4) is 11.1 Å². The molecule has 4 heterocycles. The number of anilines is 1. The van der Waals surface area contributed by atoms with Gasteiger partial charge in [-0.1, -0.05) is 11.3 Å². The standard InChI is InChI=1S/C18H20N8/c1-25-16-10-12(2-3-15(16)22-24-25)14-6-9-26-17(14)11-20-18(23-26)21-13-4-7-19-8-5-13/h2-3,6,9-11,13,19H,4-5,7-8H2,1H3,(H,21,23). The van der Waals surface area contributed by atoms with Crippen molar-refractivity contribution < 1.29 is 0 Å². The fraction of sp³-hybridized carbons (Fsp3) is 0.333. The summed E-state index contributed by atoms with van der Waals surface area (Å²) < 4.78 is 3.67. The average Bonchev–Trinajstić information content (AvgIpc) is 3.26. The highest BCUT2D eigenvalue weighted by Crippen LogP contribution is 2.27. The maximum Gasteiger partial charge on any atom is 0.241 e. The van der Waals surface area contributed by atoms with Crippen LogP contribution in [-0.2, 0) is 7.05 Å². The number of hydrogen-bond acceptors (Lipinski definition) is 6. The summed E-state index contributed by atoms with van der Waals surface area (Å²) in [7, 11) is 1.90. The van der Waals surface area contributed by atoms with Gasteiger partial charge in [0.1, 0.15) is 5.52 Å². The molecule has 1 aliphatic heterocycles. The Morgan fingerprint density at radius 3 is 2.92 bits per heavy atom. The van der Waals surface area contributed by atoms with E-state index in [-0.39, 0.29) is 0 Å².